The maximum Gasteiger partial charge on any atom is 0.273 e. The van der Waals surface area contributed by atoms with E-state index < -0.39 is 0 Å². The Hall–Kier alpha value is -1.40. The van der Waals surface area contributed by atoms with E-state index in [-0.39, 0.29) is 11.9 Å². The van der Waals surface area contributed by atoms with Crippen molar-refractivity contribution in [3.05, 3.63) is 17.5 Å². The van der Waals surface area contributed by atoms with Gasteiger partial charge in [-0.05, 0) is 58.2 Å². The van der Waals surface area contributed by atoms with Gasteiger partial charge in [-0.3, -0.25) is 4.79 Å². The Morgan fingerprint density at radius 2 is 2.04 bits per heavy atom. The van der Waals surface area contributed by atoms with Crippen LogP contribution >= 0.6 is 0 Å². The van der Waals surface area contributed by atoms with Gasteiger partial charge in [0.2, 0.25) is 0 Å². The van der Waals surface area contributed by atoms with Crippen LogP contribution in [0.1, 0.15) is 54.3 Å². The molecule has 1 amide bonds. The minimum atomic E-state index is -0.0863. The van der Waals surface area contributed by atoms with Crippen LogP contribution in [0.25, 0.3) is 0 Å². The first kappa shape index (κ1) is 16.1. The molecule has 0 bridgehead atoms. The lowest BCUT2D eigenvalue weighted by atomic mass is 9.97. The smallest absolute Gasteiger partial charge is 0.273 e. The van der Waals surface area contributed by atoms with Gasteiger partial charge >= 0.3 is 0 Å². The molecule has 2 aliphatic heterocycles. The second-order valence-electron chi connectivity index (χ2n) is 7.85. The highest BCUT2D eigenvalue weighted by Gasteiger charge is 2.30. The Kier molecular flexibility index (Phi) is 4.59. The normalized spacial score (nSPS) is 26.8. The Labute approximate surface area is 143 Å². The number of nitrogens with one attached hydrogen (secondary N) is 1. The van der Waals surface area contributed by atoms with Gasteiger partial charge in [0, 0.05) is 37.7 Å². The molecule has 132 valence electrons. The van der Waals surface area contributed by atoms with Crippen LogP contribution in [0.15, 0.2) is 10.6 Å². The van der Waals surface area contributed by atoms with E-state index in [1.54, 1.807) is 0 Å². The molecule has 1 aliphatic carbocycles. The molecule has 1 saturated carbocycles. The summed E-state index contributed by atoms with van der Waals surface area (Å²) in [5, 5.41) is 7.06. The average molecular weight is 332 g/mol. The molecule has 4 rings (SSSR count). The maximum absolute atomic E-state index is 12.3. The molecule has 6 nitrogen and oxygen atoms in total. The van der Waals surface area contributed by atoms with E-state index in [1.165, 1.54) is 32.5 Å². The lowest BCUT2D eigenvalue weighted by Gasteiger charge is -2.31. The first-order chi connectivity index (χ1) is 11.7. The van der Waals surface area contributed by atoms with E-state index >= 15 is 0 Å². The van der Waals surface area contributed by atoms with Gasteiger partial charge < -0.3 is 19.6 Å². The number of piperidine rings is 1. The van der Waals surface area contributed by atoms with Crippen LogP contribution in [0.4, 0.5) is 0 Å². The zero-order valence-corrected chi connectivity index (χ0v) is 14.5. The van der Waals surface area contributed by atoms with Gasteiger partial charge in [-0.1, -0.05) is 5.16 Å². The molecule has 1 unspecified atom stereocenters. The minimum absolute atomic E-state index is 0.0863. The molecule has 6 heteroatoms. The second-order valence-corrected chi connectivity index (χ2v) is 7.85. The van der Waals surface area contributed by atoms with Crippen molar-refractivity contribution < 1.29 is 9.32 Å². The van der Waals surface area contributed by atoms with Crippen molar-refractivity contribution in [2.75, 3.05) is 39.8 Å². The first-order valence-electron chi connectivity index (χ1n) is 9.36. The van der Waals surface area contributed by atoms with E-state index in [2.05, 4.69) is 27.3 Å². The van der Waals surface area contributed by atoms with Crippen LogP contribution in [-0.2, 0) is 0 Å². The Morgan fingerprint density at radius 1 is 1.25 bits per heavy atom. The standard InChI is InChI=1S/C18H28N4O2/c1-21-7-4-13(5-8-21)11-22-9-6-15(12-22)19-18(23)16-10-17(24-20-16)14-2-3-14/h10,13-15H,2-9,11-12H2,1H3,(H,19,23). The highest BCUT2D eigenvalue weighted by atomic mass is 16.5. The van der Waals surface area contributed by atoms with E-state index in [0.717, 1.165) is 44.0 Å². The van der Waals surface area contributed by atoms with Crippen molar-refractivity contribution in [3.63, 3.8) is 0 Å². The van der Waals surface area contributed by atoms with Gasteiger partial charge in [-0.25, -0.2) is 0 Å². The van der Waals surface area contributed by atoms with Gasteiger partial charge in [0.15, 0.2) is 5.69 Å². The molecular weight excluding hydrogens is 304 g/mol. The highest BCUT2D eigenvalue weighted by Crippen LogP contribution is 2.40. The third-order valence-electron chi connectivity index (χ3n) is 5.70. The van der Waals surface area contributed by atoms with Crippen LogP contribution in [0.2, 0.25) is 0 Å². The Bertz CT molecular complexity index is 575. The lowest BCUT2D eigenvalue weighted by molar-refractivity contribution is 0.0927. The summed E-state index contributed by atoms with van der Waals surface area (Å²) in [7, 11) is 2.20. The summed E-state index contributed by atoms with van der Waals surface area (Å²) in [5.74, 6) is 2.09. The summed E-state index contributed by atoms with van der Waals surface area (Å²) < 4.78 is 5.28. The number of hydrogen-bond acceptors (Lipinski definition) is 5. The Morgan fingerprint density at radius 3 is 2.79 bits per heavy atom. The number of rotatable bonds is 5. The average Bonchev–Trinajstić information content (AvgIpc) is 3.14. The molecule has 0 radical (unpaired) electrons. The van der Waals surface area contributed by atoms with Crippen LogP contribution in [0, 0.1) is 5.92 Å². The quantitative estimate of drug-likeness (QED) is 0.889. The predicted octanol–water partition coefficient (Wildman–Crippen LogP) is 1.70. The molecule has 3 aliphatic rings. The molecule has 1 aromatic rings. The third kappa shape index (κ3) is 3.81. The third-order valence-corrected chi connectivity index (χ3v) is 5.70. The maximum atomic E-state index is 12.3. The number of nitrogens with zero attached hydrogens (tertiary/aromatic N) is 3. The SMILES string of the molecule is CN1CCC(CN2CCC(NC(=O)c3cc(C4CC4)on3)C2)CC1. The number of amides is 1. The summed E-state index contributed by atoms with van der Waals surface area (Å²) in [6.45, 7) is 5.66. The van der Waals surface area contributed by atoms with E-state index in [0.29, 0.717) is 11.6 Å². The summed E-state index contributed by atoms with van der Waals surface area (Å²) >= 11 is 0. The fourth-order valence-corrected chi connectivity index (χ4v) is 3.94. The summed E-state index contributed by atoms with van der Waals surface area (Å²) in [6.07, 6.45) is 5.95. The summed E-state index contributed by atoms with van der Waals surface area (Å²) in [4.78, 5) is 17.3. The summed E-state index contributed by atoms with van der Waals surface area (Å²) in [6, 6.07) is 2.06. The monoisotopic (exact) mass is 332 g/mol. The lowest BCUT2D eigenvalue weighted by Crippen LogP contribution is -2.39. The zero-order valence-electron chi connectivity index (χ0n) is 14.5. The van der Waals surface area contributed by atoms with Crippen molar-refractivity contribution in [2.24, 2.45) is 5.92 Å². The summed E-state index contributed by atoms with van der Waals surface area (Å²) in [5.41, 5.74) is 0.436. The molecule has 0 spiro atoms. The Balaban J connectivity index is 1.23. The molecule has 1 N–H and O–H groups in total. The second kappa shape index (κ2) is 6.84. The van der Waals surface area contributed by atoms with Crippen molar-refractivity contribution in [1.29, 1.82) is 0 Å². The van der Waals surface area contributed by atoms with E-state index in [9.17, 15) is 4.79 Å². The number of aromatic nitrogens is 1. The molecule has 1 aromatic heterocycles. The van der Waals surface area contributed by atoms with Gasteiger partial charge in [-0.15, -0.1) is 0 Å². The minimum Gasteiger partial charge on any atom is -0.360 e. The van der Waals surface area contributed by atoms with Gasteiger partial charge in [0.05, 0.1) is 0 Å². The first-order valence-corrected chi connectivity index (χ1v) is 9.36. The fraction of sp³-hybridized carbons (Fsp3) is 0.778. The van der Waals surface area contributed by atoms with Crippen LogP contribution in [0.5, 0.6) is 0 Å². The number of likely N-dealkylation sites (tertiary alicyclic amines) is 2. The number of hydrogen-bond donors (Lipinski definition) is 1. The van der Waals surface area contributed by atoms with Crippen molar-refractivity contribution in [3.8, 4) is 0 Å². The molecule has 3 fully saturated rings. The molecular formula is C18H28N4O2. The van der Waals surface area contributed by atoms with E-state index in [1.807, 2.05) is 6.07 Å². The molecule has 3 heterocycles. The fourth-order valence-electron chi connectivity index (χ4n) is 3.94. The van der Waals surface area contributed by atoms with Crippen LogP contribution < -0.4 is 5.32 Å². The van der Waals surface area contributed by atoms with Crippen molar-refractivity contribution in [1.82, 2.24) is 20.3 Å². The van der Waals surface area contributed by atoms with Crippen LogP contribution in [0.3, 0.4) is 0 Å². The largest absolute Gasteiger partial charge is 0.360 e. The van der Waals surface area contributed by atoms with Gasteiger partial charge in [0.1, 0.15) is 5.76 Å². The molecule has 24 heavy (non-hydrogen) atoms. The zero-order chi connectivity index (χ0) is 16.5. The van der Waals surface area contributed by atoms with Gasteiger partial charge in [-0.2, -0.15) is 0 Å². The topological polar surface area (TPSA) is 61.6 Å². The predicted molar refractivity (Wildman–Crippen MR) is 91.0 cm³/mol. The molecule has 1 atom stereocenters. The van der Waals surface area contributed by atoms with Crippen molar-refractivity contribution >= 4 is 5.91 Å². The van der Waals surface area contributed by atoms with Crippen molar-refractivity contribution in [2.45, 2.75) is 44.1 Å². The molecule has 0 aromatic carbocycles. The van der Waals surface area contributed by atoms with E-state index in [4.69, 9.17) is 4.52 Å². The van der Waals surface area contributed by atoms with Gasteiger partial charge in [0.25, 0.3) is 5.91 Å². The number of carbonyl (C=O) groups excluding carboxylic acids is 1. The van der Waals surface area contributed by atoms with Crippen LogP contribution in [-0.4, -0.2) is 66.7 Å². The molecule has 2 saturated heterocycles. The number of carbonyl (C=O) groups is 1. The highest BCUT2D eigenvalue weighted by molar-refractivity contribution is 5.92.